The molecule has 0 unspecified atom stereocenters. The minimum Gasteiger partial charge on any atom is -0.497 e. The Kier molecular flexibility index (Phi) is 5.38. The summed E-state index contributed by atoms with van der Waals surface area (Å²) >= 11 is 0. The molecule has 9 nitrogen and oxygen atoms in total. The van der Waals surface area contributed by atoms with Crippen LogP contribution in [-0.2, 0) is 6.54 Å². The Morgan fingerprint density at radius 3 is 2.64 bits per heavy atom. The van der Waals surface area contributed by atoms with Crippen LogP contribution in [0.1, 0.15) is 5.56 Å². The van der Waals surface area contributed by atoms with Crippen LogP contribution in [0.5, 0.6) is 5.75 Å². The zero-order valence-electron chi connectivity index (χ0n) is 20.1. The van der Waals surface area contributed by atoms with Crippen molar-refractivity contribution >= 4 is 22.1 Å². The van der Waals surface area contributed by atoms with Crippen LogP contribution in [0.25, 0.3) is 56.1 Å². The van der Waals surface area contributed by atoms with Gasteiger partial charge < -0.3 is 14.6 Å². The molecule has 6 rings (SSSR count). The number of rotatable bonds is 6. The third-order valence-electron chi connectivity index (χ3n) is 5.97. The lowest BCUT2D eigenvalue weighted by atomic mass is 10.1. The molecule has 0 atom stereocenters. The second-order valence-electron chi connectivity index (χ2n) is 8.86. The first-order valence-corrected chi connectivity index (χ1v) is 11.5. The van der Waals surface area contributed by atoms with E-state index in [4.69, 9.17) is 14.7 Å². The highest BCUT2D eigenvalue weighted by Gasteiger charge is 2.17. The highest BCUT2D eigenvalue weighted by molar-refractivity contribution is 5.95. The van der Waals surface area contributed by atoms with Gasteiger partial charge in [0.2, 0.25) is 0 Å². The van der Waals surface area contributed by atoms with Gasteiger partial charge in [0.15, 0.2) is 11.5 Å². The molecule has 0 spiro atoms. The molecule has 0 saturated heterocycles. The number of methoxy groups -OCH3 is 1. The predicted molar refractivity (Wildman–Crippen MR) is 139 cm³/mol. The van der Waals surface area contributed by atoms with E-state index in [-0.39, 0.29) is 0 Å². The number of pyridine rings is 3. The molecule has 36 heavy (non-hydrogen) atoms. The van der Waals surface area contributed by atoms with Gasteiger partial charge in [0.05, 0.1) is 29.5 Å². The van der Waals surface area contributed by atoms with Crippen molar-refractivity contribution in [3.8, 4) is 39.8 Å². The summed E-state index contributed by atoms with van der Waals surface area (Å²) in [5, 5.41) is 7.62. The Morgan fingerprint density at radius 2 is 1.78 bits per heavy atom. The fourth-order valence-corrected chi connectivity index (χ4v) is 4.33. The van der Waals surface area contributed by atoms with Crippen LogP contribution in [0, 0.1) is 0 Å². The van der Waals surface area contributed by atoms with Crippen molar-refractivity contribution < 1.29 is 4.74 Å². The number of H-pyrrole nitrogens is 2. The molecule has 5 aromatic heterocycles. The first-order valence-electron chi connectivity index (χ1n) is 11.5. The molecule has 0 aliphatic carbocycles. The molecule has 2 N–H and O–H groups in total. The molecule has 0 aliphatic heterocycles. The number of nitrogens with zero attached hydrogens (tertiary/aromatic N) is 6. The van der Waals surface area contributed by atoms with Crippen molar-refractivity contribution in [2.75, 3.05) is 21.2 Å². The van der Waals surface area contributed by atoms with Crippen LogP contribution >= 0.6 is 0 Å². The summed E-state index contributed by atoms with van der Waals surface area (Å²) in [4.78, 5) is 24.3. The Balaban J connectivity index is 1.44. The lowest BCUT2D eigenvalue weighted by Crippen LogP contribution is -2.10. The first kappa shape index (κ1) is 21.9. The number of benzene rings is 1. The van der Waals surface area contributed by atoms with E-state index in [1.54, 1.807) is 13.3 Å². The van der Waals surface area contributed by atoms with Gasteiger partial charge in [-0.05, 0) is 56.1 Å². The summed E-state index contributed by atoms with van der Waals surface area (Å²) in [7, 11) is 5.73. The number of ether oxygens (including phenoxy) is 1. The molecular formula is C27H24N8O. The van der Waals surface area contributed by atoms with Crippen LogP contribution in [0.15, 0.2) is 67.1 Å². The molecule has 9 heteroatoms. The van der Waals surface area contributed by atoms with Crippen molar-refractivity contribution in [1.82, 2.24) is 40.0 Å². The van der Waals surface area contributed by atoms with Crippen molar-refractivity contribution in [3.05, 3.63) is 72.7 Å². The number of hydrogen-bond donors (Lipinski definition) is 2. The standard InChI is InChI=1S/C27H24N8O/c1-35(2)15-16-11-18(14-28-13-16)20-7-8-22-25(30-20)26(34-33-22)27-31-21-9-10-29-23(24(21)32-27)17-5-4-6-19(12-17)36-3/h4-14H,15H2,1-3H3,(H,31,32)(H,33,34). The number of nitrogens with one attached hydrogen (secondary N) is 2. The maximum absolute atomic E-state index is 5.39. The molecular weight excluding hydrogens is 452 g/mol. The summed E-state index contributed by atoms with van der Waals surface area (Å²) in [6.07, 6.45) is 5.49. The number of hydrogen-bond acceptors (Lipinski definition) is 7. The monoisotopic (exact) mass is 476 g/mol. The highest BCUT2D eigenvalue weighted by Crippen LogP contribution is 2.31. The maximum Gasteiger partial charge on any atom is 0.161 e. The molecule has 0 saturated carbocycles. The Hall–Kier alpha value is -4.63. The summed E-state index contributed by atoms with van der Waals surface area (Å²) in [5.41, 5.74) is 8.45. The number of aromatic amines is 2. The third-order valence-corrected chi connectivity index (χ3v) is 5.97. The number of imidazole rings is 1. The second kappa shape index (κ2) is 8.86. The summed E-state index contributed by atoms with van der Waals surface area (Å²) in [6, 6.07) is 15.8. The Bertz CT molecular complexity index is 1700. The average molecular weight is 477 g/mol. The van der Waals surface area contributed by atoms with E-state index in [0.717, 1.165) is 62.4 Å². The number of aromatic nitrogens is 7. The second-order valence-corrected chi connectivity index (χ2v) is 8.86. The van der Waals surface area contributed by atoms with E-state index in [0.29, 0.717) is 11.5 Å². The first-order chi connectivity index (χ1) is 17.6. The molecule has 0 aliphatic rings. The minimum absolute atomic E-state index is 0.623. The van der Waals surface area contributed by atoms with Gasteiger partial charge in [-0.15, -0.1) is 0 Å². The van der Waals surface area contributed by atoms with Gasteiger partial charge in [0.25, 0.3) is 0 Å². The largest absolute Gasteiger partial charge is 0.497 e. The zero-order valence-corrected chi connectivity index (χ0v) is 20.1. The Labute approximate surface area is 207 Å². The topological polar surface area (TPSA) is 108 Å². The van der Waals surface area contributed by atoms with Crippen LogP contribution in [0.4, 0.5) is 0 Å². The highest BCUT2D eigenvalue weighted by atomic mass is 16.5. The van der Waals surface area contributed by atoms with Gasteiger partial charge in [-0.1, -0.05) is 12.1 Å². The fraction of sp³-hybridized carbons (Fsp3) is 0.148. The van der Waals surface area contributed by atoms with Gasteiger partial charge >= 0.3 is 0 Å². The summed E-state index contributed by atoms with van der Waals surface area (Å²) in [6.45, 7) is 0.808. The maximum atomic E-state index is 5.39. The average Bonchev–Trinajstić information content (AvgIpc) is 3.52. The van der Waals surface area contributed by atoms with E-state index < -0.39 is 0 Å². The quantitative estimate of drug-likeness (QED) is 0.359. The van der Waals surface area contributed by atoms with E-state index in [1.807, 2.05) is 69.0 Å². The zero-order chi connectivity index (χ0) is 24.6. The van der Waals surface area contributed by atoms with Gasteiger partial charge in [-0.3, -0.25) is 15.1 Å². The van der Waals surface area contributed by atoms with Crippen LogP contribution < -0.4 is 4.74 Å². The van der Waals surface area contributed by atoms with Gasteiger partial charge in [0, 0.05) is 36.3 Å². The van der Waals surface area contributed by atoms with Crippen molar-refractivity contribution in [1.29, 1.82) is 0 Å². The molecule has 6 aromatic rings. The third kappa shape index (κ3) is 3.95. The van der Waals surface area contributed by atoms with Crippen molar-refractivity contribution in [2.24, 2.45) is 0 Å². The normalized spacial score (nSPS) is 11.6. The van der Waals surface area contributed by atoms with Crippen molar-refractivity contribution in [3.63, 3.8) is 0 Å². The van der Waals surface area contributed by atoms with Gasteiger partial charge in [0.1, 0.15) is 16.8 Å². The SMILES string of the molecule is COc1cccc(-c2nccc3[nH]c(-c4n[nH]c5ccc(-c6cncc(CN(C)C)c6)nc45)nc23)c1. The van der Waals surface area contributed by atoms with Crippen LogP contribution in [0.2, 0.25) is 0 Å². The van der Waals surface area contributed by atoms with Gasteiger partial charge in [-0.25, -0.2) is 9.97 Å². The summed E-state index contributed by atoms with van der Waals surface area (Å²) < 4.78 is 5.39. The molecule has 1 aromatic carbocycles. The van der Waals surface area contributed by atoms with E-state index in [2.05, 4.69) is 36.1 Å². The molecule has 5 heterocycles. The van der Waals surface area contributed by atoms with Gasteiger partial charge in [-0.2, -0.15) is 5.10 Å². The smallest absolute Gasteiger partial charge is 0.161 e. The molecule has 0 radical (unpaired) electrons. The van der Waals surface area contributed by atoms with Crippen LogP contribution in [0.3, 0.4) is 0 Å². The van der Waals surface area contributed by atoms with E-state index >= 15 is 0 Å². The van der Waals surface area contributed by atoms with E-state index in [9.17, 15) is 0 Å². The lowest BCUT2D eigenvalue weighted by Gasteiger charge is -2.10. The summed E-state index contributed by atoms with van der Waals surface area (Å²) in [5.74, 6) is 1.39. The van der Waals surface area contributed by atoms with Crippen molar-refractivity contribution in [2.45, 2.75) is 6.54 Å². The predicted octanol–water partition coefficient (Wildman–Crippen LogP) is 4.70. The van der Waals surface area contributed by atoms with E-state index in [1.165, 1.54) is 0 Å². The molecule has 178 valence electrons. The van der Waals surface area contributed by atoms with Crippen LogP contribution in [-0.4, -0.2) is 61.2 Å². The minimum atomic E-state index is 0.623. The molecule has 0 amide bonds. The molecule has 0 bridgehead atoms. The Morgan fingerprint density at radius 1 is 0.889 bits per heavy atom. The lowest BCUT2D eigenvalue weighted by molar-refractivity contribution is 0.402. The number of fused-ring (bicyclic) bond motifs is 2. The molecule has 0 fully saturated rings. The fourth-order valence-electron chi connectivity index (χ4n) is 4.33.